The van der Waals surface area contributed by atoms with Crippen LogP contribution in [0.4, 0.5) is 0 Å². The average molecular weight is 312 g/mol. The van der Waals surface area contributed by atoms with Gasteiger partial charge in [0, 0.05) is 6.07 Å². The van der Waals surface area contributed by atoms with Gasteiger partial charge in [0.05, 0.1) is 31.8 Å². The molecule has 0 unspecified atom stereocenters. The maximum absolute atomic E-state index is 12.3. The molecule has 118 valence electrons. The molecule has 0 aromatic heterocycles. The molecule has 0 saturated carbocycles. The summed E-state index contributed by atoms with van der Waals surface area (Å²) in [5, 5.41) is 0. The number of carbonyl (C=O) groups is 2. The number of hydrogen-bond acceptors (Lipinski definition) is 5. The molecule has 23 heavy (non-hydrogen) atoms. The molecule has 0 fully saturated rings. The number of benzene rings is 2. The molecule has 0 amide bonds. The highest BCUT2D eigenvalue weighted by Crippen LogP contribution is 2.37. The van der Waals surface area contributed by atoms with E-state index in [2.05, 4.69) is 4.74 Å². The summed E-state index contributed by atoms with van der Waals surface area (Å²) in [5.74, 6) is 0.782. The van der Waals surface area contributed by atoms with Crippen molar-refractivity contribution in [3.8, 4) is 11.5 Å². The number of ketones is 1. The van der Waals surface area contributed by atoms with Crippen molar-refractivity contribution in [1.29, 1.82) is 0 Å². The van der Waals surface area contributed by atoms with Crippen LogP contribution in [0.1, 0.15) is 38.8 Å². The number of fused-ring (bicyclic) bond motifs is 1. The monoisotopic (exact) mass is 312 g/mol. The summed E-state index contributed by atoms with van der Waals surface area (Å²) < 4.78 is 15.8. The fraction of sp³-hybridized carbons (Fsp3) is 0.222. The fourth-order valence-electron chi connectivity index (χ4n) is 2.57. The Kier molecular flexibility index (Phi) is 4.02. The van der Waals surface area contributed by atoms with Gasteiger partial charge in [-0.15, -0.1) is 0 Å². The molecule has 0 saturated heterocycles. The van der Waals surface area contributed by atoms with Gasteiger partial charge in [0.2, 0.25) is 0 Å². The van der Waals surface area contributed by atoms with E-state index in [1.165, 1.54) is 7.11 Å². The lowest BCUT2D eigenvalue weighted by atomic mass is 9.95. The third-order valence-electron chi connectivity index (χ3n) is 3.83. The number of rotatable bonds is 3. The summed E-state index contributed by atoms with van der Waals surface area (Å²) in [5.41, 5.74) is 1.85. The van der Waals surface area contributed by atoms with Gasteiger partial charge < -0.3 is 14.2 Å². The lowest BCUT2D eigenvalue weighted by molar-refractivity contribution is 0.0600. The van der Waals surface area contributed by atoms with Crippen LogP contribution in [0.25, 0.3) is 0 Å². The van der Waals surface area contributed by atoms with Crippen LogP contribution >= 0.6 is 0 Å². The molecule has 2 aromatic carbocycles. The minimum atomic E-state index is -0.396. The minimum absolute atomic E-state index is 0.0240. The van der Waals surface area contributed by atoms with Gasteiger partial charge in [0.1, 0.15) is 17.6 Å². The zero-order valence-corrected chi connectivity index (χ0v) is 12.9. The van der Waals surface area contributed by atoms with Gasteiger partial charge in [-0.1, -0.05) is 12.1 Å². The highest BCUT2D eigenvalue weighted by Gasteiger charge is 2.28. The van der Waals surface area contributed by atoms with E-state index in [1.807, 2.05) is 0 Å². The van der Waals surface area contributed by atoms with E-state index in [1.54, 1.807) is 49.6 Å². The van der Waals surface area contributed by atoms with Gasteiger partial charge in [0.25, 0.3) is 0 Å². The van der Waals surface area contributed by atoms with Crippen LogP contribution < -0.4 is 9.47 Å². The Morgan fingerprint density at radius 1 is 1.13 bits per heavy atom. The Labute approximate surface area is 133 Å². The first-order chi connectivity index (χ1) is 11.1. The molecule has 0 N–H and O–H groups in total. The van der Waals surface area contributed by atoms with Crippen molar-refractivity contribution in [1.82, 2.24) is 0 Å². The normalized spacial score (nSPS) is 16.3. The molecule has 0 spiro atoms. The molecule has 1 aliphatic heterocycles. The van der Waals surface area contributed by atoms with Crippen molar-refractivity contribution in [2.75, 3.05) is 14.2 Å². The molecule has 0 bridgehead atoms. The molecule has 1 heterocycles. The number of esters is 1. The SMILES string of the molecule is COC(=O)c1ccc([C@H]2CC(=O)c3ccc(OC)cc3O2)cc1. The highest BCUT2D eigenvalue weighted by molar-refractivity contribution is 6.00. The first kappa shape index (κ1) is 15.1. The second-order valence-corrected chi connectivity index (χ2v) is 5.21. The largest absolute Gasteiger partial charge is 0.497 e. The van der Waals surface area contributed by atoms with Crippen LogP contribution in [0.2, 0.25) is 0 Å². The van der Waals surface area contributed by atoms with Crippen molar-refractivity contribution >= 4 is 11.8 Å². The molecule has 1 aliphatic rings. The predicted molar refractivity (Wildman–Crippen MR) is 83.1 cm³/mol. The lowest BCUT2D eigenvalue weighted by Gasteiger charge is -2.26. The summed E-state index contributed by atoms with van der Waals surface area (Å²) in [6, 6.07) is 12.0. The highest BCUT2D eigenvalue weighted by atomic mass is 16.5. The average Bonchev–Trinajstić information content (AvgIpc) is 2.60. The van der Waals surface area contributed by atoms with Gasteiger partial charge in [-0.25, -0.2) is 4.79 Å². The summed E-state index contributed by atoms with van der Waals surface area (Å²) in [7, 11) is 2.90. The molecule has 0 aliphatic carbocycles. The van der Waals surface area contributed by atoms with Crippen molar-refractivity contribution < 1.29 is 23.8 Å². The molecule has 0 radical (unpaired) electrons. The van der Waals surface area contributed by atoms with Gasteiger partial charge in [-0.2, -0.15) is 0 Å². The Morgan fingerprint density at radius 2 is 1.87 bits per heavy atom. The molecule has 2 aromatic rings. The predicted octanol–water partition coefficient (Wildman–Crippen LogP) is 3.19. The number of carbonyl (C=O) groups excluding carboxylic acids is 2. The summed E-state index contributed by atoms with van der Waals surface area (Å²) >= 11 is 0. The van der Waals surface area contributed by atoms with Gasteiger partial charge in [-0.05, 0) is 29.8 Å². The van der Waals surface area contributed by atoms with Crippen molar-refractivity contribution in [3.05, 3.63) is 59.2 Å². The molecular formula is C18H16O5. The number of hydrogen-bond donors (Lipinski definition) is 0. The van der Waals surface area contributed by atoms with E-state index in [0.717, 1.165) is 5.56 Å². The van der Waals surface area contributed by atoms with Crippen LogP contribution in [0.5, 0.6) is 11.5 Å². The Hall–Kier alpha value is -2.82. The number of ether oxygens (including phenoxy) is 3. The van der Waals surface area contributed by atoms with Crippen LogP contribution in [0.3, 0.4) is 0 Å². The molecule has 5 heteroatoms. The maximum atomic E-state index is 12.3. The quantitative estimate of drug-likeness (QED) is 0.815. The van der Waals surface area contributed by atoms with Gasteiger partial charge >= 0.3 is 5.97 Å². The van der Waals surface area contributed by atoms with E-state index in [9.17, 15) is 9.59 Å². The van der Waals surface area contributed by atoms with Crippen LogP contribution in [-0.4, -0.2) is 26.0 Å². The third-order valence-corrected chi connectivity index (χ3v) is 3.83. The molecule has 5 nitrogen and oxygen atoms in total. The van der Waals surface area contributed by atoms with E-state index < -0.39 is 5.97 Å². The maximum Gasteiger partial charge on any atom is 0.337 e. The smallest absolute Gasteiger partial charge is 0.337 e. The van der Waals surface area contributed by atoms with Crippen molar-refractivity contribution in [3.63, 3.8) is 0 Å². The van der Waals surface area contributed by atoms with Gasteiger partial charge in [0.15, 0.2) is 5.78 Å². The van der Waals surface area contributed by atoms with Crippen molar-refractivity contribution in [2.24, 2.45) is 0 Å². The summed E-state index contributed by atoms with van der Waals surface area (Å²) in [6.45, 7) is 0. The molecule has 3 rings (SSSR count). The van der Waals surface area contributed by atoms with Crippen LogP contribution in [0, 0.1) is 0 Å². The minimum Gasteiger partial charge on any atom is -0.497 e. The zero-order valence-electron chi connectivity index (χ0n) is 12.9. The van der Waals surface area contributed by atoms with E-state index in [-0.39, 0.29) is 18.3 Å². The first-order valence-electron chi connectivity index (χ1n) is 7.18. The van der Waals surface area contributed by atoms with Crippen LogP contribution in [0.15, 0.2) is 42.5 Å². The van der Waals surface area contributed by atoms with E-state index in [4.69, 9.17) is 9.47 Å². The van der Waals surface area contributed by atoms with E-state index >= 15 is 0 Å². The van der Waals surface area contributed by atoms with Crippen molar-refractivity contribution in [2.45, 2.75) is 12.5 Å². The second-order valence-electron chi connectivity index (χ2n) is 5.21. The summed E-state index contributed by atoms with van der Waals surface area (Å²) in [4.78, 5) is 23.8. The number of methoxy groups -OCH3 is 2. The standard InChI is InChI=1S/C18H16O5/c1-21-13-7-8-14-15(19)10-16(23-17(14)9-13)11-3-5-12(6-4-11)18(20)22-2/h3-9,16H,10H2,1-2H3/t16-/m1/s1. The second kappa shape index (κ2) is 6.12. The first-order valence-corrected chi connectivity index (χ1v) is 7.18. The van der Waals surface area contributed by atoms with Crippen LogP contribution in [-0.2, 0) is 4.74 Å². The summed E-state index contributed by atoms with van der Waals surface area (Å²) in [6.07, 6.45) is -0.120. The lowest BCUT2D eigenvalue weighted by Crippen LogP contribution is -2.20. The Balaban J connectivity index is 1.87. The molecule has 1 atom stereocenters. The van der Waals surface area contributed by atoms with Gasteiger partial charge in [-0.3, -0.25) is 4.79 Å². The topological polar surface area (TPSA) is 61.8 Å². The van der Waals surface area contributed by atoms with E-state index in [0.29, 0.717) is 22.6 Å². The number of Topliss-reactive ketones (excluding diaryl/α,β-unsaturated/α-hetero) is 1. The fourth-order valence-corrected chi connectivity index (χ4v) is 2.57. The third kappa shape index (κ3) is 2.90. The zero-order chi connectivity index (χ0) is 16.4. The Bertz CT molecular complexity index is 749. The molecular weight excluding hydrogens is 296 g/mol. The Morgan fingerprint density at radius 3 is 2.52 bits per heavy atom.